The highest BCUT2D eigenvalue weighted by atomic mass is 15.1. The summed E-state index contributed by atoms with van der Waals surface area (Å²) in [7, 11) is 2.21. The second-order valence-electron chi connectivity index (χ2n) is 5.13. The van der Waals surface area contributed by atoms with Crippen LogP contribution in [0, 0.1) is 5.41 Å². The van der Waals surface area contributed by atoms with E-state index in [2.05, 4.69) is 32.7 Å². The van der Waals surface area contributed by atoms with Gasteiger partial charge in [0.15, 0.2) is 0 Å². The fraction of sp³-hybridized carbons (Fsp3) is 1.00. The molecule has 2 heteroatoms. The fourth-order valence-corrected chi connectivity index (χ4v) is 1.47. The van der Waals surface area contributed by atoms with Crippen molar-refractivity contribution in [2.24, 2.45) is 11.1 Å². The van der Waals surface area contributed by atoms with Crippen LogP contribution >= 0.6 is 0 Å². The largest absolute Gasteiger partial charge is 0.330 e. The van der Waals surface area contributed by atoms with E-state index in [0.29, 0.717) is 5.41 Å². The van der Waals surface area contributed by atoms with Crippen LogP contribution in [0.15, 0.2) is 0 Å². The summed E-state index contributed by atoms with van der Waals surface area (Å²) in [6, 6.07) is 0. The molecule has 0 heterocycles. The van der Waals surface area contributed by atoms with Gasteiger partial charge in [0.2, 0.25) is 0 Å². The zero-order chi connectivity index (χ0) is 11.0. The number of hydrogen-bond acceptors (Lipinski definition) is 2. The van der Waals surface area contributed by atoms with Crippen molar-refractivity contribution in [3.63, 3.8) is 0 Å². The van der Waals surface area contributed by atoms with Crippen LogP contribution in [-0.2, 0) is 0 Å². The van der Waals surface area contributed by atoms with Crippen molar-refractivity contribution < 1.29 is 0 Å². The SMILES string of the molecule is CCCCN(C)CCCC(C)(C)CN. The minimum absolute atomic E-state index is 0.325. The number of rotatable bonds is 8. The van der Waals surface area contributed by atoms with Gasteiger partial charge in [0.25, 0.3) is 0 Å². The summed E-state index contributed by atoms with van der Waals surface area (Å²) >= 11 is 0. The first-order valence-electron chi connectivity index (χ1n) is 5.90. The van der Waals surface area contributed by atoms with Gasteiger partial charge in [0, 0.05) is 0 Å². The first kappa shape index (κ1) is 13.9. The molecule has 0 saturated carbocycles. The normalized spacial score (nSPS) is 12.4. The predicted octanol–water partition coefficient (Wildman–Crippen LogP) is 2.48. The molecule has 0 atom stereocenters. The molecule has 0 saturated heterocycles. The molecule has 2 nitrogen and oxygen atoms in total. The Morgan fingerprint density at radius 3 is 2.21 bits per heavy atom. The van der Waals surface area contributed by atoms with E-state index in [-0.39, 0.29) is 0 Å². The summed E-state index contributed by atoms with van der Waals surface area (Å²) in [5.41, 5.74) is 6.01. The van der Waals surface area contributed by atoms with Gasteiger partial charge in [-0.05, 0) is 51.4 Å². The van der Waals surface area contributed by atoms with Crippen molar-refractivity contribution in [3.05, 3.63) is 0 Å². The van der Waals surface area contributed by atoms with Gasteiger partial charge in [-0.2, -0.15) is 0 Å². The number of unbranched alkanes of at least 4 members (excludes halogenated alkanes) is 1. The minimum Gasteiger partial charge on any atom is -0.330 e. The quantitative estimate of drug-likeness (QED) is 0.652. The van der Waals surface area contributed by atoms with Crippen molar-refractivity contribution >= 4 is 0 Å². The zero-order valence-corrected chi connectivity index (χ0v) is 10.5. The Bertz CT molecular complexity index is 132. The number of hydrogen-bond donors (Lipinski definition) is 1. The van der Waals surface area contributed by atoms with E-state index < -0.39 is 0 Å². The van der Waals surface area contributed by atoms with Crippen LogP contribution in [0.1, 0.15) is 46.5 Å². The summed E-state index contributed by atoms with van der Waals surface area (Å²) in [5.74, 6) is 0. The lowest BCUT2D eigenvalue weighted by molar-refractivity contribution is 0.275. The fourth-order valence-electron chi connectivity index (χ4n) is 1.47. The average Bonchev–Trinajstić information content (AvgIpc) is 2.14. The summed E-state index contributed by atoms with van der Waals surface area (Å²) in [5, 5.41) is 0. The molecule has 86 valence electrons. The average molecular weight is 200 g/mol. The van der Waals surface area contributed by atoms with Gasteiger partial charge >= 0.3 is 0 Å². The predicted molar refractivity (Wildman–Crippen MR) is 64.5 cm³/mol. The Kier molecular flexibility index (Phi) is 7.20. The third kappa shape index (κ3) is 7.34. The molecule has 0 aromatic carbocycles. The first-order chi connectivity index (χ1) is 6.52. The third-order valence-corrected chi connectivity index (χ3v) is 2.84. The molecule has 0 aromatic heterocycles. The summed E-state index contributed by atoms with van der Waals surface area (Å²) in [6.07, 6.45) is 5.11. The van der Waals surface area contributed by atoms with Gasteiger partial charge in [-0.15, -0.1) is 0 Å². The lowest BCUT2D eigenvalue weighted by atomic mass is 9.88. The highest BCUT2D eigenvalue weighted by Gasteiger charge is 2.14. The van der Waals surface area contributed by atoms with E-state index in [4.69, 9.17) is 5.73 Å². The van der Waals surface area contributed by atoms with Gasteiger partial charge in [0.05, 0.1) is 0 Å². The maximum atomic E-state index is 5.69. The van der Waals surface area contributed by atoms with Crippen molar-refractivity contribution in [3.8, 4) is 0 Å². The molecular weight excluding hydrogens is 172 g/mol. The van der Waals surface area contributed by atoms with Crippen LogP contribution < -0.4 is 5.73 Å². The van der Waals surface area contributed by atoms with Crippen LogP contribution in [0.2, 0.25) is 0 Å². The molecule has 0 unspecified atom stereocenters. The van der Waals surface area contributed by atoms with E-state index in [1.807, 2.05) is 0 Å². The Hall–Kier alpha value is -0.0800. The van der Waals surface area contributed by atoms with Gasteiger partial charge in [-0.1, -0.05) is 27.2 Å². The van der Waals surface area contributed by atoms with Crippen molar-refractivity contribution in [1.29, 1.82) is 0 Å². The molecule has 0 bridgehead atoms. The Labute approximate surface area is 89.9 Å². The second-order valence-corrected chi connectivity index (χ2v) is 5.13. The van der Waals surface area contributed by atoms with Crippen LogP contribution in [-0.4, -0.2) is 31.6 Å². The van der Waals surface area contributed by atoms with Gasteiger partial charge in [0.1, 0.15) is 0 Å². The Morgan fingerprint density at radius 2 is 1.71 bits per heavy atom. The van der Waals surface area contributed by atoms with Crippen molar-refractivity contribution in [2.75, 3.05) is 26.7 Å². The van der Waals surface area contributed by atoms with Crippen molar-refractivity contribution in [2.45, 2.75) is 46.5 Å². The highest BCUT2D eigenvalue weighted by molar-refractivity contribution is 4.69. The molecule has 14 heavy (non-hydrogen) atoms. The van der Waals surface area contributed by atoms with Gasteiger partial charge < -0.3 is 10.6 Å². The van der Waals surface area contributed by atoms with E-state index in [0.717, 1.165) is 6.54 Å². The maximum Gasteiger partial charge on any atom is -0.00216 e. The minimum atomic E-state index is 0.325. The summed E-state index contributed by atoms with van der Waals surface area (Å²) < 4.78 is 0. The molecule has 0 amide bonds. The van der Waals surface area contributed by atoms with E-state index in [9.17, 15) is 0 Å². The standard InChI is InChI=1S/C12H28N2/c1-5-6-9-14(4)10-7-8-12(2,3)11-13/h5-11,13H2,1-4H3. The molecule has 0 fully saturated rings. The van der Waals surface area contributed by atoms with Crippen LogP contribution in [0.25, 0.3) is 0 Å². The highest BCUT2D eigenvalue weighted by Crippen LogP contribution is 2.20. The molecule has 0 aliphatic heterocycles. The molecule has 0 radical (unpaired) electrons. The van der Waals surface area contributed by atoms with E-state index in [1.165, 1.54) is 38.8 Å². The lowest BCUT2D eigenvalue weighted by Gasteiger charge is -2.24. The molecular formula is C12H28N2. The first-order valence-corrected chi connectivity index (χ1v) is 5.90. The van der Waals surface area contributed by atoms with Gasteiger partial charge in [-0.3, -0.25) is 0 Å². The second kappa shape index (κ2) is 7.24. The third-order valence-electron chi connectivity index (χ3n) is 2.84. The molecule has 0 rings (SSSR count). The number of nitrogens with two attached hydrogens (primary N) is 1. The summed E-state index contributed by atoms with van der Waals surface area (Å²) in [4.78, 5) is 2.43. The Morgan fingerprint density at radius 1 is 1.14 bits per heavy atom. The molecule has 0 aliphatic rings. The van der Waals surface area contributed by atoms with Crippen LogP contribution in [0.3, 0.4) is 0 Å². The maximum absolute atomic E-state index is 5.69. The van der Waals surface area contributed by atoms with E-state index in [1.54, 1.807) is 0 Å². The smallest absolute Gasteiger partial charge is 0.00216 e. The monoisotopic (exact) mass is 200 g/mol. The van der Waals surface area contributed by atoms with Crippen LogP contribution in [0.5, 0.6) is 0 Å². The van der Waals surface area contributed by atoms with Gasteiger partial charge in [-0.25, -0.2) is 0 Å². The van der Waals surface area contributed by atoms with Crippen molar-refractivity contribution in [1.82, 2.24) is 4.90 Å². The number of nitrogens with zero attached hydrogens (tertiary/aromatic N) is 1. The zero-order valence-electron chi connectivity index (χ0n) is 10.5. The Balaban J connectivity index is 3.43. The molecule has 0 spiro atoms. The topological polar surface area (TPSA) is 29.3 Å². The van der Waals surface area contributed by atoms with E-state index >= 15 is 0 Å². The lowest BCUT2D eigenvalue weighted by Crippen LogP contribution is -2.26. The molecule has 2 N–H and O–H groups in total. The summed E-state index contributed by atoms with van der Waals surface area (Å²) in [6.45, 7) is 9.98. The molecule has 0 aliphatic carbocycles. The molecule has 0 aromatic rings. The van der Waals surface area contributed by atoms with Crippen LogP contribution in [0.4, 0.5) is 0 Å².